The Hall–Kier alpha value is -0.320. The molecule has 0 spiro atoms. The summed E-state index contributed by atoms with van der Waals surface area (Å²) in [6.45, 7) is 0.351. The van der Waals surface area contributed by atoms with Gasteiger partial charge in [0.25, 0.3) is 0 Å². The fraction of sp³-hybridized carbons (Fsp3) is 1.00. The highest BCUT2D eigenvalue weighted by Crippen LogP contribution is 2.09. The van der Waals surface area contributed by atoms with Crippen LogP contribution in [-0.4, -0.2) is 92.2 Å². The van der Waals surface area contributed by atoms with E-state index >= 15 is 0 Å². The van der Waals surface area contributed by atoms with Crippen LogP contribution in [-0.2, 0) is 4.74 Å². The largest absolute Gasteiger partial charge is 0.394 e. The molecule has 0 radical (unpaired) electrons. The van der Waals surface area contributed by atoms with Crippen LogP contribution in [0.2, 0.25) is 0 Å². The third kappa shape index (κ3) is 6.91. The van der Waals surface area contributed by atoms with Gasteiger partial charge in [0, 0.05) is 6.61 Å². The van der Waals surface area contributed by atoms with Crippen LogP contribution in [0.1, 0.15) is 19.8 Å². The quantitative estimate of drug-likeness (QED) is 0.199. The van der Waals surface area contributed by atoms with Crippen LogP contribution in [0.25, 0.3) is 0 Å². The van der Waals surface area contributed by atoms with Crippen LogP contribution in [0.15, 0.2) is 0 Å². The van der Waals surface area contributed by atoms with Crippen LogP contribution in [0, 0.1) is 0 Å². The van der Waals surface area contributed by atoms with Crippen molar-refractivity contribution in [2.45, 2.75) is 56.4 Å². The summed E-state index contributed by atoms with van der Waals surface area (Å²) in [5.74, 6) is 0. The molecule has 0 saturated carbocycles. The molecule has 122 valence electrons. The third-order valence-corrected chi connectivity index (χ3v) is 3.01. The van der Waals surface area contributed by atoms with Crippen LogP contribution < -0.4 is 0 Å². The maximum Gasteiger partial charge on any atom is 0.109 e. The van der Waals surface area contributed by atoms with E-state index < -0.39 is 49.8 Å². The second-order valence-electron chi connectivity index (χ2n) is 4.77. The average Bonchev–Trinajstić information content (AvgIpc) is 2.44. The third-order valence-electron chi connectivity index (χ3n) is 3.01. The molecule has 0 aromatic carbocycles. The maximum absolute atomic E-state index is 9.52. The summed E-state index contributed by atoms with van der Waals surface area (Å²) in [6.07, 6.45) is -6.84. The molecule has 0 heterocycles. The Balaban J connectivity index is 3.94. The van der Waals surface area contributed by atoms with Crippen molar-refractivity contribution in [3.05, 3.63) is 0 Å². The lowest BCUT2D eigenvalue weighted by Crippen LogP contribution is -2.41. The summed E-state index contributed by atoms with van der Waals surface area (Å²) in [6, 6.07) is 0. The summed E-state index contributed by atoms with van der Waals surface area (Å²) in [7, 11) is 0. The van der Waals surface area contributed by atoms with Crippen molar-refractivity contribution >= 4 is 0 Å². The lowest BCUT2D eigenvalue weighted by atomic mass is 10.0. The van der Waals surface area contributed by atoms with Gasteiger partial charge in [-0.2, -0.15) is 0 Å². The SMILES string of the molecule is C[C@@H](O)C(O)C(CO)OCCC[C@@H](O)C(O)C(O)CO. The molecule has 0 aliphatic rings. The van der Waals surface area contributed by atoms with E-state index in [1.54, 1.807) is 0 Å². The first-order valence-electron chi connectivity index (χ1n) is 6.58. The molecule has 0 aliphatic heterocycles. The van der Waals surface area contributed by atoms with E-state index in [0.29, 0.717) is 6.42 Å². The molecule has 7 N–H and O–H groups in total. The van der Waals surface area contributed by atoms with Gasteiger partial charge >= 0.3 is 0 Å². The number of hydrogen-bond acceptors (Lipinski definition) is 8. The summed E-state index contributed by atoms with van der Waals surface area (Å²) >= 11 is 0. The predicted molar refractivity (Wildman–Crippen MR) is 68.9 cm³/mol. The van der Waals surface area contributed by atoms with Gasteiger partial charge in [0.1, 0.15) is 24.4 Å². The van der Waals surface area contributed by atoms with Gasteiger partial charge in [-0.1, -0.05) is 0 Å². The predicted octanol–water partition coefficient (Wildman–Crippen LogP) is -3.04. The summed E-state index contributed by atoms with van der Waals surface area (Å²) < 4.78 is 5.17. The Kier molecular flexibility index (Phi) is 10.2. The fourth-order valence-corrected chi connectivity index (χ4v) is 1.63. The number of ether oxygens (including phenoxy) is 1. The maximum atomic E-state index is 9.52. The van der Waals surface area contributed by atoms with E-state index in [1.165, 1.54) is 6.92 Å². The van der Waals surface area contributed by atoms with E-state index in [9.17, 15) is 15.3 Å². The summed E-state index contributed by atoms with van der Waals surface area (Å²) in [5, 5.41) is 64.3. The lowest BCUT2D eigenvalue weighted by molar-refractivity contribution is -0.107. The van der Waals surface area contributed by atoms with Crippen molar-refractivity contribution < 1.29 is 40.5 Å². The zero-order valence-electron chi connectivity index (χ0n) is 11.5. The normalized spacial score (nSPS) is 21.0. The smallest absolute Gasteiger partial charge is 0.109 e. The molecule has 4 unspecified atom stereocenters. The van der Waals surface area contributed by atoms with Gasteiger partial charge in [-0.3, -0.25) is 0 Å². The molecule has 0 bridgehead atoms. The molecule has 8 heteroatoms. The fourth-order valence-electron chi connectivity index (χ4n) is 1.63. The topological polar surface area (TPSA) is 151 Å². The van der Waals surface area contributed by atoms with Crippen LogP contribution in [0.5, 0.6) is 0 Å². The van der Waals surface area contributed by atoms with Gasteiger partial charge in [-0.05, 0) is 19.8 Å². The Morgan fingerprint density at radius 1 is 0.850 bits per heavy atom. The van der Waals surface area contributed by atoms with Gasteiger partial charge in [-0.15, -0.1) is 0 Å². The van der Waals surface area contributed by atoms with Crippen molar-refractivity contribution in [3.8, 4) is 0 Å². The zero-order valence-corrected chi connectivity index (χ0v) is 11.5. The van der Waals surface area contributed by atoms with Crippen LogP contribution >= 0.6 is 0 Å². The Bertz CT molecular complexity index is 237. The minimum atomic E-state index is -1.45. The molecule has 20 heavy (non-hydrogen) atoms. The van der Waals surface area contributed by atoms with Crippen molar-refractivity contribution in [2.24, 2.45) is 0 Å². The molecule has 0 aromatic heterocycles. The molecule has 0 fully saturated rings. The monoisotopic (exact) mass is 298 g/mol. The standard InChI is InChI=1S/C12H26O8/c1-7(15)11(18)10(6-14)20-4-2-3-8(16)12(19)9(17)5-13/h7-19H,2-6H2,1H3/t7-,8-,9?,10?,11?,12?/m1/s1. The lowest BCUT2D eigenvalue weighted by Gasteiger charge is -2.24. The molecule has 0 aliphatic carbocycles. The van der Waals surface area contributed by atoms with E-state index in [-0.39, 0.29) is 13.0 Å². The minimum absolute atomic E-state index is 0.0913. The van der Waals surface area contributed by atoms with Crippen molar-refractivity contribution in [3.63, 3.8) is 0 Å². The van der Waals surface area contributed by atoms with Crippen molar-refractivity contribution in [1.29, 1.82) is 0 Å². The highest BCUT2D eigenvalue weighted by molar-refractivity contribution is 4.75. The molecule has 0 rings (SSSR count). The summed E-state index contributed by atoms with van der Waals surface area (Å²) in [4.78, 5) is 0. The molecule has 8 nitrogen and oxygen atoms in total. The van der Waals surface area contributed by atoms with Gasteiger partial charge in [-0.25, -0.2) is 0 Å². The first-order valence-corrected chi connectivity index (χ1v) is 6.58. The number of rotatable bonds is 11. The Morgan fingerprint density at radius 3 is 1.90 bits per heavy atom. The van der Waals surface area contributed by atoms with Gasteiger partial charge in [0.2, 0.25) is 0 Å². The van der Waals surface area contributed by atoms with Gasteiger partial charge in [0.05, 0.1) is 25.4 Å². The first-order chi connectivity index (χ1) is 9.34. The minimum Gasteiger partial charge on any atom is -0.394 e. The molecule has 0 saturated heterocycles. The van der Waals surface area contributed by atoms with E-state index in [4.69, 9.17) is 25.2 Å². The first kappa shape index (κ1) is 19.7. The number of aliphatic hydroxyl groups is 7. The number of hydrogen-bond donors (Lipinski definition) is 7. The Morgan fingerprint density at radius 2 is 1.45 bits per heavy atom. The average molecular weight is 298 g/mol. The van der Waals surface area contributed by atoms with Gasteiger partial charge < -0.3 is 40.5 Å². The van der Waals surface area contributed by atoms with Crippen LogP contribution in [0.3, 0.4) is 0 Å². The zero-order chi connectivity index (χ0) is 15.7. The van der Waals surface area contributed by atoms with E-state index in [0.717, 1.165) is 0 Å². The Labute approximate surface area is 117 Å². The van der Waals surface area contributed by atoms with Crippen LogP contribution in [0.4, 0.5) is 0 Å². The van der Waals surface area contributed by atoms with E-state index in [1.807, 2.05) is 0 Å². The second kappa shape index (κ2) is 10.4. The highest BCUT2D eigenvalue weighted by Gasteiger charge is 2.25. The molecular weight excluding hydrogens is 272 g/mol. The summed E-state index contributed by atoms with van der Waals surface area (Å²) in [5.41, 5.74) is 0. The molecule has 6 atom stereocenters. The highest BCUT2D eigenvalue weighted by atomic mass is 16.5. The number of aliphatic hydroxyl groups excluding tert-OH is 7. The van der Waals surface area contributed by atoms with Crippen molar-refractivity contribution in [2.75, 3.05) is 19.8 Å². The molecular formula is C12H26O8. The van der Waals surface area contributed by atoms with E-state index in [2.05, 4.69) is 0 Å². The second-order valence-corrected chi connectivity index (χ2v) is 4.77. The van der Waals surface area contributed by atoms with Crippen molar-refractivity contribution in [1.82, 2.24) is 0 Å². The molecule has 0 aromatic rings. The van der Waals surface area contributed by atoms with Gasteiger partial charge in [0.15, 0.2) is 0 Å². The molecule has 0 amide bonds.